The third-order valence-corrected chi connectivity index (χ3v) is 3.37. The standard InChI is InChI=1S/C18H31N3O3.HI/c1-5-23-12-7-6-11-20-18(19-3)21-14-15(2)24-17-10-8-9-16(13-17)22-4;/h8-10,13,15H,5-7,11-12,14H2,1-4H3,(H2,19,20,21);1H. The van der Waals surface area contributed by atoms with E-state index in [2.05, 4.69) is 15.6 Å². The molecule has 0 radical (unpaired) electrons. The monoisotopic (exact) mass is 465 g/mol. The number of nitrogens with one attached hydrogen (secondary N) is 2. The Bertz CT molecular complexity index is 486. The summed E-state index contributed by atoms with van der Waals surface area (Å²) < 4.78 is 16.4. The van der Waals surface area contributed by atoms with Crippen molar-refractivity contribution in [1.29, 1.82) is 0 Å². The van der Waals surface area contributed by atoms with E-state index in [1.54, 1.807) is 14.2 Å². The van der Waals surface area contributed by atoms with E-state index in [9.17, 15) is 0 Å². The molecular weight excluding hydrogens is 433 g/mol. The highest BCUT2D eigenvalue weighted by Gasteiger charge is 2.06. The zero-order chi connectivity index (χ0) is 17.6. The van der Waals surface area contributed by atoms with Crippen LogP contribution >= 0.6 is 24.0 Å². The molecule has 7 heteroatoms. The smallest absolute Gasteiger partial charge is 0.191 e. The quantitative estimate of drug-likeness (QED) is 0.228. The van der Waals surface area contributed by atoms with Gasteiger partial charge in [-0.05, 0) is 38.8 Å². The van der Waals surface area contributed by atoms with E-state index in [1.165, 1.54) is 0 Å². The van der Waals surface area contributed by atoms with Crippen LogP contribution in [-0.2, 0) is 4.74 Å². The van der Waals surface area contributed by atoms with E-state index in [4.69, 9.17) is 14.2 Å². The molecule has 0 aromatic heterocycles. The summed E-state index contributed by atoms with van der Waals surface area (Å²) >= 11 is 0. The van der Waals surface area contributed by atoms with Crippen LogP contribution < -0.4 is 20.1 Å². The topological polar surface area (TPSA) is 64.1 Å². The number of benzene rings is 1. The van der Waals surface area contributed by atoms with E-state index in [0.717, 1.165) is 50.1 Å². The van der Waals surface area contributed by atoms with Gasteiger partial charge in [0.25, 0.3) is 0 Å². The van der Waals surface area contributed by atoms with Gasteiger partial charge in [-0.1, -0.05) is 6.07 Å². The fourth-order valence-electron chi connectivity index (χ4n) is 2.09. The lowest BCUT2D eigenvalue weighted by molar-refractivity contribution is 0.143. The molecule has 0 heterocycles. The molecule has 25 heavy (non-hydrogen) atoms. The Morgan fingerprint density at radius 3 is 2.64 bits per heavy atom. The number of guanidine groups is 1. The molecular formula is C18H32IN3O3. The summed E-state index contributed by atoms with van der Waals surface area (Å²) in [5, 5.41) is 6.56. The number of unbranched alkanes of at least 4 members (excludes halogenated alkanes) is 1. The molecule has 0 amide bonds. The minimum absolute atomic E-state index is 0. The van der Waals surface area contributed by atoms with Gasteiger partial charge in [0.15, 0.2) is 5.96 Å². The van der Waals surface area contributed by atoms with E-state index in [1.807, 2.05) is 38.1 Å². The van der Waals surface area contributed by atoms with E-state index >= 15 is 0 Å². The third kappa shape index (κ3) is 11.1. The highest BCUT2D eigenvalue weighted by Crippen LogP contribution is 2.19. The van der Waals surface area contributed by atoms with Crippen molar-refractivity contribution in [3.8, 4) is 11.5 Å². The highest BCUT2D eigenvalue weighted by atomic mass is 127. The molecule has 0 bridgehead atoms. The fraction of sp³-hybridized carbons (Fsp3) is 0.611. The maximum absolute atomic E-state index is 5.88. The van der Waals surface area contributed by atoms with Crippen LogP contribution in [0.25, 0.3) is 0 Å². The lowest BCUT2D eigenvalue weighted by Gasteiger charge is -2.18. The van der Waals surface area contributed by atoms with Gasteiger partial charge in [-0.3, -0.25) is 4.99 Å². The number of halogens is 1. The molecule has 1 aromatic rings. The summed E-state index contributed by atoms with van der Waals surface area (Å²) in [7, 11) is 3.41. The third-order valence-electron chi connectivity index (χ3n) is 3.37. The van der Waals surface area contributed by atoms with Crippen LogP contribution in [-0.4, -0.2) is 52.5 Å². The summed E-state index contributed by atoms with van der Waals surface area (Å²) in [5.74, 6) is 2.37. The summed E-state index contributed by atoms with van der Waals surface area (Å²) in [6.45, 7) is 7.16. The maximum Gasteiger partial charge on any atom is 0.191 e. The van der Waals surface area contributed by atoms with Gasteiger partial charge in [-0.25, -0.2) is 0 Å². The Balaban J connectivity index is 0.00000576. The van der Waals surface area contributed by atoms with Crippen LogP contribution in [0.3, 0.4) is 0 Å². The molecule has 6 nitrogen and oxygen atoms in total. The minimum Gasteiger partial charge on any atom is -0.497 e. The number of ether oxygens (including phenoxy) is 3. The van der Waals surface area contributed by atoms with Crippen LogP contribution in [0.15, 0.2) is 29.3 Å². The van der Waals surface area contributed by atoms with E-state index < -0.39 is 0 Å². The van der Waals surface area contributed by atoms with Gasteiger partial charge in [0.05, 0.1) is 13.7 Å². The van der Waals surface area contributed by atoms with Crippen molar-refractivity contribution in [3.63, 3.8) is 0 Å². The highest BCUT2D eigenvalue weighted by molar-refractivity contribution is 14.0. The number of methoxy groups -OCH3 is 1. The molecule has 0 aliphatic carbocycles. The lowest BCUT2D eigenvalue weighted by atomic mass is 10.3. The summed E-state index contributed by atoms with van der Waals surface area (Å²) in [6, 6.07) is 7.61. The first-order valence-corrected chi connectivity index (χ1v) is 8.52. The van der Waals surface area contributed by atoms with Crippen molar-refractivity contribution >= 4 is 29.9 Å². The first kappa shape index (κ1) is 23.8. The minimum atomic E-state index is 0. The number of rotatable bonds is 11. The second-order valence-corrected chi connectivity index (χ2v) is 5.39. The van der Waals surface area contributed by atoms with E-state index in [0.29, 0.717) is 6.54 Å². The number of hydrogen-bond acceptors (Lipinski definition) is 4. The van der Waals surface area contributed by atoms with Gasteiger partial charge in [0.2, 0.25) is 0 Å². The van der Waals surface area contributed by atoms with Gasteiger partial charge in [-0.15, -0.1) is 24.0 Å². The maximum atomic E-state index is 5.88. The molecule has 0 aliphatic heterocycles. The first-order chi connectivity index (χ1) is 11.7. The molecule has 0 saturated carbocycles. The summed E-state index contributed by atoms with van der Waals surface area (Å²) in [5.41, 5.74) is 0. The zero-order valence-electron chi connectivity index (χ0n) is 15.7. The van der Waals surface area contributed by atoms with E-state index in [-0.39, 0.29) is 30.1 Å². The second kappa shape index (κ2) is 15.1. The van der Waals surface area contributed by atoms with Gasteiger partial charge in [-0.2, -0.15) is 0 Å². The van der Waals surface area contributed by atoms with Crippen molar-refractivity contribution in [1.82, 2.24) is 10.6 Å². The largest absolute Gasteiger partial charge is 0.497 e. The SMILES string of the molecule is CCOCCCCNC(=NC)NCC(C)Oc1cccc(OC)c1.I. The van der Waals surface area contributed by atoms with Crippen molar-refractivity contribution in [2.75, 3.05) is 40.5 Å². The molecule has 0 fully saturated rings. The number of hydrogen-bond donors (Lipinski definition) is 2. The van der Waals surface area contributed by atoms with Gasteiger partial charge in [0.1, 0.15) is 17.6 Å². The molecule has 1 aromatic carbocycles. The first-order valence-electron chi connectivity index (χ1n) is 8.52. The van der Waals surface area contributed by atoms with Crippen molar-refractivity contribution in [2.24, 2.45) is 4.99 Å². The van der Waals surface area contributed by atoms with Gasteiger partial charge >= 0.3 is 0 Å². The lowest BCUT2D eigenvalue weighted by Crippen LogP contribution is -2.42. The Labute approximate surface area is 168 Å². The molecule has 1 atom stereocenters. The molecule has 0 spiro atoms. The van der Waals surface area contributed by atoms with Crippen molar-refractivity contribution in [2.45, 2.75) is 32.8 Å². The van der Waals surface area contributed by atoms with Gasteiger partial charge < -0.3 is 24.8 Å². The fourth-order valence-corrected chi connectivity index (χ4v) is 2.09. The average Bonchev–Trinajstić information content (AvgIpc) is 2.60. The second-order valence-electron chi connectivity index (χ2n) is 5.39. The van der Waals surface area contributed by atoms with Crippen LogP contribution in [0.4, 0.5) is 0 Å². The molecule has 1 rings (SSSR count). The summed E-state index contributed by atoms with van der Waals surface area (Å²) in [6.07, 6.45) is 2.11. The number of nitrogens with zero attached hydrogens (tertiary/aromatic N) is 1. The molecule has 0 saturated heterocycles. The predicted molar refractivity (Wildman–Crippen MR) is 114 cm³/mol. The van der Waals surface area contributed by atoms with Crippen LogP contribution in [0.2, 0.25) is 0 Å². The Morgan fingerprint density at radius 2 is 1.96 bits per heavy atom. The van der Waals surface area contributed by atoms with Crippen LogP contribution in [0.1, 0.15) is 26.7 Å². The molecule has 0 aliphatic rings. The predicted octanol–water partition coefficient (Wildman–Crippen LogP) is 3.06. The Morgan fingerprint density at radius 1 is 1.20 bits per heavy atom. The van der Waals surface area contributed by atoms with Crippen molar-refractivity contribution in [3.05, 3.63) is 24.3 Å². The molecule has 2 N–H and O–H groups in total. The summed E-state index contributed by atoms with van der Waals surface area (Å²) in [4.78, 5) is 4.22. The normalized spacial score (nSPS) is 12.1. The zero-order valence-corrected chi connectivity index (χ0v) is 18.0. The Hall–Kier alpha value is -1.22. The molecule has 1 unspecified atom stereocenters. The average molecular weight is 465 g/mol. The van der Waals surface area contributed by atoms with Gasteiger partial charge in [0, 0.05) is 32.9 Å². The van der Waals surface area contributed by atoms with Crippen molar-refractivity contribution < 1.29 is 14.2 Å². The van der Waals surface area contributed by atoms with Crippen LogP contribution in [0.5, 0.6) is 11.5 Å². The molecule has 144 valence electrons. The number of aliphatic imine (C=N–C) groups is 1. The van der Waals surface area contributed by atoms with Crippen LogP contribution in [0, 0.1) is 0 Å². The Kier molecular flexibility index (Phi) is 14.3.